The van der Waals surface area contributed by atoms with Gasteiger partial charge in [-0.25, -0.2) is 0 Å². The van der Waals surface area contributed by atoms with Gasteiger partial charge in [0.05, 0.1) is 73.3 Å². The van der Waals surface area contributed by atoms with E-state index in [-0.39, 0.29) is 0 Å². The van der Waals surface area contributed by atoms with Gasteiger partial charge in [0.25, 0.3) is 0 Å². The molecule has 0 unspecified atom stereocenters. The van der Waals surface area contributed by atoms with E-state index >= 15 is 0 Å². The second kappa shape index (κ2) is 10.4. The molecule has 0 aliphatic carbocycles. The number of para-hydroxylation sites is 2. The molecular weight excluding hydrogens is 603 g/mol. The fraction of sp³-hybridized carbons (Fsp3) is 0.0238. The highest BCUT2D eigenvalue weighted by Gasteiger charge is 2.23. The first-order chi connectivity index (χ1) is 24.2. The van der Waals surface area contributed by atoms with Crippen LogP contribution in [0, 0.1) is 0 Å². The number of pyridine rings is 3. The summed E-state index contributed by atoms with van der Waals surface area (Å²) in [6, 6.07) is 34.1. The van der Waals surface area contributed by atoms with Crippen LogP contribution in [0.2, 0.25) is 0 Å². The molecule has 0 atom stereocenters. The molecule has 6 heterocycles. The van der Waals surface area contributed by atoms with Gasteiger partial charge in [-0.05, 0) is 61.5 Å². The van der Waals surface area contributed by atoms with Gasteiger partial charge in [-0.15, -0.1) is 0 Å². The third-order valence-electron chi connectivity index (χ3n) is 9.60. The van der Waals surface area contributed by atoms with Gasteiger partial charge in [0.1, 0.15) is 0 Å². The molecule has 4 aromatic carbocycles. The highest BCUT2D eigenvalue weighted by molar-refractivity contribution is 6.22. The predicted molar refractivity (Wildman–Crippen MR) is 203 cm³/mol. The molecule has 2 N–H and O–H groups in total. The minimum atomic E-state index is 0.890. The number of allylic oxidation sites excluding steroid dienone is 3. The number of benzene rings is 4. The Kier molecular flexibility index (Phi) is 5.81. The number of aromatic nitrogens is 5. The molecule has 0 bridgehead atoms. The molecule has 10 rings (SSSR count). The van der Waals surface area contributed by atoms with Crippen molar-refractivity contribution in [3.63, 3.8) is 0 Å². The lowest BCUT2D eigenvalue weighted by molar-refractivity contribution is 1.13. The van der Waals surface area contributed by atoms with Crippen molar-refractivity contribution < 1.29 is 0 Å². The average Bonchev–Trinajstić information content (AvgIpc) is 3.67. The van der Waals surface area contributed by atoms with Gasteiger partial charge in [-0.3, -0.25) is 15.0 Å². The van der Waals surface area contributed by atoms with E-state index in [4.69, 9.17) is 9.97 Å². The Morgan fingerprint density at radius 2 is 1.33 bits per heavy atom. The summed E-state index contributed by atoms with van der Waals surface area (Å²) in [6.07, 6.45) is 11.7. The molecule has 9 aromatic rings. The number of nitrogens with one attached hydrogen (secondary N) is 2. The molecular formula is C42H29N7. The van der Waals surface area contributed by atoms with Gasteiger partial charge in [0, 0.05) is 45.0 Å². The van der Waals surface area contributed by atoms with E-state index in [1.54, 1.807) is 0 Å². The summed E-state index contributed by atoms with van der Waals surface area (Å²) >= 11 is 0. The van der Waals surface area contributed by atoms with E-state index < -0.39 is 0 Å². The molecule has 0 fully saturated rings. The number of nitrogens with zero attached hydrogens (tertiary/aromatic N) is 5. The number of hydrogen-bond acceptors (Lipinski definition) is 5. The Bertz CT molecular complexity index is 2920. The molecule has 7 nitrogen and oxygen atoms in total. The lowest BCUT2D eigenvalue weighted by Crippen LogP contribution is -2.14. The Morgan fingerprint density at radius 3 is 2.18 bits per heavy atom. The van der Waals surface area contributed by atoms with Crippen LogP contribution in [0.1, 0.15) is 6.92 Å². The zero-order chi connectivity index (χ0) is 32.6. The monoisotopic (exact) mass is 631 g/mol. The van der Waals surface area contributed by atoms with E-state index in [9.17, 15) is 0 Å². The minimum Gasteiger partial charge on any atom is -0.352 e. The molecule has 0 saturated heterocycles. The molecule has 232 valence electrons. The summed E-state index contributed by atoms with van der Waals surface area (Å²) in [6.45, 7) is 6.07. The normalized spacial score (nSPS) is 13.2. The Morgan fingerprint density at radius 1 is 0.592 bits per heavy atom. The van der Waals surface area contributed by atoms with Crippen LogP contribution in [0.4, 0.5) is 11.4 Å². The van der Waals surface area contributed by atoms with Crippen molar-refractivity contribution in [1.29, 1.82) is 0 Å². The molecule has 49 heavy (non-hydrogen) atoms. The van der Waals surface area contributed by atoms with Crippen molar-refractivity contribution in [1.82, 2.24) is 24.1 Å². The Hall–Kier alpha value is -6.73. The molecule has 0 amide bonds. The van der Waals surface area contributed by atoms with Gasteiger partial charge in [-0.1, -0.05) is 67.3 Å². The van der Waals surface area contributed by atoms with Crippen LogP contribution >= 0.6 is 0 Å². The van der Waals surface area contributed by atoms with Crippen molar-refractivity contribution in [3.8, 4) is 11.4 Å². The van der Waals surface area contributed by atoms with Crippen LogP contribution in [0.5, 0.6) is 0 Å². The van der Waals surface area contributed by atoms with Crippen LogP contribution in [-0.2, 0) is 0 Å². The van der Waals surface area contributed by atoms with Crippen LogP contribution in [0.15, 0.2) is 152 Å². The highest BCUT2D eigenvalue weighted by Crippen LogP contribution is 2.42. The van der Waals surface area contributed by atoms with Crippen LogP contribution in [-0.4, -0.2) is 24.1 Å². The third kappa shape index (κ3) is 3.93. The first-order valence-corrected chi connectivity index (χ1v) is 16.3. The van der Waals surface area contributed by atoms with Gasteiger partial charge in [0.2, 0.25) is 0 Å². The van der Waals surface area contributed by atoms with Gasteiger partial charge < -0.3 is 19.8 Å². The van der Waals surface area contributed by atoms with Crippen molar-refractivity contribution in [2.45, 2.75) is 6.92 Å². The largest absolute Gasteiger partial charge is 0.352 e. The third-order valence-corrected chi connectivity index (χ3v) is 9.60. The lowest BCUT2D eigenvalue weighted by atomic mass is 10.1. The highest BCUT2D eigenvalue weighted by atomic mass is 15.1. The van der Waals surface area contributed by atoms with Crippen molar-refractivity contribution >= 4 is 76.9 Å². The summed E-state index contributed by atoms with van der Waals surface area (Å²) in [5.74, 6) is 0. The number of anilines is 2. The summed E-state index contributed by atoms with van der Waals surface area (Å²) in [7, 11) is 0. The quantitative estimate of drug-likeness (QED) is 0.189. The van der Waals surface area contributed by atoms with Gasteiger partial charge in [-0.2, -0.15) is 0 Å². The van der Waals surface area contributed by atoms with E-state index in [1.165, 1.54) is 0 Å². The molecule has 0 radical (unpaired) electrons. The van der Waals surface area contributed by atoms with Crippen LogP contribution in [0.25, 0.3) is 76.9 Å². The van der Waals surface area contributed by atoms with E-state index in [0.717, 1.165) is 99.7 Å². The zero-order valence-corrected chi connectivity index (χ0v) is 26.6. The summed E-state index contributed by atoms with van der Waals surface area (Å²) in [4.78, 5) is 14.8. The fourth-order valence-corrected chi connectivity index (χ4v) is 7.48. The van der Waals surface area contributed by atoms with Crippen LogP contribution in [0.3, 0.4) is 0 Å². The second-order valence-corrected chi connectivity index (χ2v) is 12.3. The Balaban J connectivity index is 1.30. The van der Waals surface area contributed by atoms with Crippen molar-refractivity contribution in [2.24, 2.45) is 0 Å². The predicted octanol–water partition coefficient (Wildman–Crippen LogP) is 10.2. The van der Waals surface area contributed by atoms with E-state index in [1.807, 2.05) is 43.7 Å². The fourth-order valence-electron chi connectivity index (χ4n) is 7.48. The summed E-state index contributed by atoms with van der Waals surface area (Å²) in [5.41, 5.74) is 12.9. The number of fused-ring (bicyclic) bond motifs is 11. The van der Waals surface area contributed by atoms with Gasteiger partial charge >= 0.3 is 0 Å². The SMILES string of the molecule is C=CC1=C(/C=C\C)Nc2ccc(-n3c4ccccc4c4cnc5c6ccccc6n(-c6cnc7c(ccc8cccnc87)c6)c5c43)cc2N1. The smallest absolute Gasteiger partial charge is 0.0985 e. The van der Waals surface area contributed by atoms with E-state index in [0.29, 0.717) is 0 Å². The first kappa shape index (κ1) is 27.4. The maximum absolute atomic E-state index is 5.15. The molecule has 0 saturated carbocycles. The standard InChI is InChI=1S/C42H29N7/c1-3-10-33-32(4-2)46-35-22-27(18-19-34(35)47-33)48-36-14-7-5-12-29(36)31-24-45-40-30-13-6-8-15-37(30)49(42(40)41(31)48)28-21-26-17-16-25-11-9-20-43-38(25)39(26)44-23-28/h3-24,46-47H,2H2,1H3/b10-3-. The maximum atomic E-state index is 5.15. The summed E-state index contributed by atoms with van der Waals surface area (Å²) < 4.78 is 4.70. The van der Waals surface area contributed by atoms with Crippen molar-refractivity contribution in [3.05, 3.63) is 152 Å². The van der Waals surface area contributed by atoms with Gasteiger partial charge in [0.15, 0.2) is 0 Å². The molecule has 1 aliphatic rings. The van der Waals surface area contributed by atoms with E-state index in [2.05, 4.69) is 128 Å². The maximum Gasteiger partial charge on any atom is 0.0985 e. The lowest BCUT2D eigenvalue weighted by Gasteiger charge is -2.24. The first-order valence-electron chi connectivity index (χ1n) is 16.3. The Labute approximate surface area is 281 Å². The topological polar surface area (TPSA) is 72.6 Å². The second-order valence-electron chi connectivity index (χ2n) is 12.3. The van der Waals surface area contributed by atoms with Crippen LogP contribution < -0.4 is 10.6 Å². The minimum absolute atomic E-state index is 0.890. The van der Waals surface area contributed by atoms with Crippen molar-refractivity contribution in [2.75, 3.05) is 10.6 Å². The average molecular weight is 632 g/mol. The zero-order valence-electron chi connectivity index (χ0n) is 26.6. The summed E-state index contributed by atoms with van der Waals surface area (Å²) in [5, 5.41) is 12.6. The molecule has 1 aliphatic heterocycles. The molecule has 0 spiro atoms. The molecule has 7 heteroatoms. The molecule has 5 aromatic heterocycles. The number of hydrogen-bond donors (Lipinski definition) is 2. The number of rotatable bonds is 4.